The number of carboxylic acids is 1. The van der Waals surface area contributed by atoms with E-state index in [2.05, 4.69) is 6.58 Å². The largest absolute Gasteiger partial charge is 0.481 e. The third-order valence-corrected chi connectivity index (χ3v) is 1.67. The first kappa shape index (κ1) is 8.21. The molecule has 2 heteroatoms. The summed E-state index contributed by atoms with van der Waals surface area (Å²) in [7, 11) is 0. The van der Waals surface area contributed by atoms with E-state index in [9.17, 15) is 4.79 Å². The molecule has 0 aliphatic heterocycles. The van der Waals surface area contributed by atoms with Crippen molar-refractivity contribution in [3.8, 4) is 0 Å². The van der Waals surface area contributed by atoms with Crippen molar-refractivity contribution in [3.05, 3.63) is 12.7 Å². The maximum atomic E-state index is 10.4. The summed E-state index contributed by atoms with van der Waals surface area (Å²) in [4.78, 5) is 10.4. The van der Waals surface area contributed by atoms with Crippen molar-refractivity contribution in [3.63, 3.8) is 0 Å². The van der Waals surface area contributed by atoms with Crippen LogP contribution in [0.2, 0.25) is 0 Å². The third kappa shape index (κ3) is 1.56. The van der Waals surface area contributed by atoms with Crippen molar-refractivity contribution in [1.82, 2.24) is 0 Å². The maximum absolute atomic E-state index is 10.4. The summed E-state index contributed by atoms with van der Waals surface area (Å²) in [6, 6.07) is 0. The molecule has 0 aliphatic rings. The molecule has 9 heavy (non-hydrogen) atoms. The Morgan fingerprint density at radius 3 is 2.33 bits per heavy atom. The molecule has 0 aromatic rings. The zero-order valence-corrected chi connectivity index (χ0v) is 5.85. The monoisotopic (exact) mass is 128 g/mol. The van der Waals surface area contributed by atoms with Crippen LogP contribution in [0.4, 0.5) is 0 Å². The van der Waals surface area contributed by atoms with Crippen LogP contribution in [0, 0.1) is 5.41 Å². The Bertz CT molecular complexity index is 129. The smallest absolute Gasteiger partial charge is 0.313 e. The molecule has 0 spiro atoms. The number of hydrogen-bond donors (Lipinski definition) is 1. The van der Waals surface area contributed by atoms with Gasteiger partial charge in [-0.25, -0.2) is 0 Å². The van der Waals surface area contributed by atoms with E-state index in [1.54, 1.807) is 6.92 Å². The van der Waals surface area contributed by atoms with Gasteiger partial charge in [-0.15, -0.1) is 6.58 Å². The van der Waals surface area contributed by atoms with Gasteiger partial charge in [-0.1, -0.05) is 13.0 Å². The first-order chi connectivity index (χ1) is 4.06. The van der Waals surface area contributed by atoms with Gasteiger partial charge in [-0.2, -0.15) is 0 Å². The second-order valence-corrected chi connectivity index (χ2v) is 2.28. The number of carboxylic acid groups (broad SMARTS) is 1. The van der Waals surface area contributed by atoms with Crippen LogP contribution in [-0.2, 0) is 4.79 Å². The zero-order chi connectivity index (χ0) is 7.49. The fraction of sp³-hybridized carbons (Fsp3) is 0.571. The fourth-order valence-electron chi connectivity index (χ4n) is 0.383. The van der Waals surface area contributed by atoms with Crippen molar-refractivity contribution < 1.29 is 9.90 Å². The summed E-state index contributed by atoms with van der Waals surface area (Å²) in [5.41, 5.74) is -0.736. The minimum atomic E-state index is -0.806. The van der Waals surface area contributed by atoms with E-state index in [-0.39, 0.29) is 0 Å². The first-order valence-electron chi connectivity index (χ1n) is 2.94. The Hall–Kier alpha value is -0.790. The highest BCUT2D eigenvalue weighted by Gasteiger charge is 2.26. The average molecular weight is 128 g/mol. The predicted octanol–water partition coefficient (Wildman–Crippen LogP) is 1.67. The summed E-state index contributed by atoms with van der Waals surface area (Å²) in [5, 5.41) is 8.56. The van der Waals surface area contributed by atoms with Gasteiger partial charge in [0, 0.05) is 0 Å². The molecule has 0 aliphatic carbocycles. The van der Waals surface area contributed by atoms with E-state index in [1.165, 1.54) is 6.08 Å². The maximum Gasteiger partial charge on any atom is 0.313 e. The van der Waals surface area contributed by atoms with Gasteiger partial charge in [0.15, 0.2) is 0 Å². The van der Waals surface area contributed by atoms with E-state index in [4.69, 9.17) is 5.11 Å². The molecule has 0 aromatic heterocycles. The number of carbonyl (C=O) groups is 1. The summed E-state index contributed by atoms with van der Waals surface area (Å²) in [6.45, 7) is 6.93. The van der Waals surface area contributed by atoms with Gasteiger partial charge in [0.2, 0.25) is 0 Å². The Labute approximate surface area is 55.2 Å². The molecule has 2 nitrogen and oxygen atoms in total. The molecule has 0 amide bonds. The van der Waals surface area contributed by atoms with E-state index in [0.717, 1.165) is 0 Å². The highest BCUT2D eigenvalue weighted by atomic mass is 16.4. The standard InChI is InChI=1S/C7H12O2/c1-4-7(3,5-2)6(8)9/h4H,1,5H2,2-3H3,(H,8,9)/t7-/m0/s1. The van der Waals surface area contributed by atoms with Crippen LogP contribution in [0.3, 0.4) is 0 Å². The van der Waals surface area contributed by atoms with E-state index < -0.39 is 11.4 Å². The minimum absolute atomic E-state index is 0.589. The molecule has 0 rings (SSSR count). The lowest BCUT2D eigenvalue weighted by atomic mass is 9.88. The van der Waals surface area contributed by atoms with Gasteiger partial charge in [-0.3, -0.25) is 4.79 Å². The molecule has 0 fully saturated rings. The molecule has 0 bridgehead atoms. The van der Waals surface area contributed by atoms with Crippen molar-refractivity contribution in [2.24, 2.45) is 5.41 Å². The molecular formula is C7H12O2. The van der Waals surface area contributed by atoms with Gasteiger partial charge in [0.05, 0.1) is 5.41 Å². The summed E-state index contributed by atoms with van der Waals surface area (Å²) in [5.74, 6) is -0.806. The van der Waals surface area contributed by atoms with Crippen LogP contribution < -0.4 is 0 Å². The molecule has 1 N–H and O–H groups in total. The highest BCUT2D eigenvalue weighted by molar-refractivity contribution is 5.76. The van der Waals surface area contributed by atoms with Crippen LogP contribution in [0.1, 0.15) is 20.3 Å². The molecule has 0 unspecified atom stereocenters. The minimum Gasteiger partial charge on any atom is -0.481 e. The van der Waals surface area contributed by atoms with Gasteiger partial charge in [0.1, 0.15) is 0 Å². The van der Waals surface area contributed by atoms with Gasteiger partial charge in [-0.05, 0) is 13.3 Å². The number of rotatable bonds is 3. The molecule has 0 radical (unpaired) electrons. The quantitative estimate of drug-likeness (QED) is 0.587. The molecular weight excluding hydrogens is 116 g/mol. The first-order valence-corrected chi connectivity index (χ1v) is 2.94. The topological polar surface area (TPSA) is 37.3 Å². The Morgan fingerprint density at radius 2 is 2.33 bits per heavy atom. The summed E-state index contributed by atoms with van der Waals surface area (Å²) < 4.78 is 0. The van der Waals surface area contributed by atoms with E-state index >= 15 is 0 Å². The van der Waals surface area contributed by atoms with Crippen LogP contribution in [-0.4, -0.2) is 11.1 Å². The van der Waals surface area contributed by atoms with Crippen LogP contribution in [0.25, 0.3) is 0 Å². The second-order valence-electron chi connectivity index (χ2n) is 2.28. The lowest BCUT2D eigenvalue weighted by Crippen LogP contribution is -2.23. The van der Waals surface area contributed by atoms with E-state index in [1.807, 2.05) is 6.92 Å². The summed E-state index contributed by atoms with van der Waals surface area (Å²) in [6.07, 6.45) is 2.06. The number of hydrogen-bond acceptors (Lipinski definition) is 1. The third-order valence-electron chi connectivity index (χ3n) is 1.67. The molecule has 0 saturated carbocycles. The highest BCUT2D eigenvalue weighted by Crippen LogP contribution is 2.21. The molecule has 52 valence electrons. The molecule has 0 saturated heterocycles. The number of aliphatic carboxylic acids is 1. The van der Waals surface area contributed by atoms with Crippen molar-refractivity contribution in [1.29, 1.82) is 0 Å². The Kier molecular flexibility index (Phi) is 2.43. The second kappa shape index (κ2) is 2.67. The van der Waals surface area contributed by atoms with Crippen molar-refractivity contribution in [2.75, 3.05) is 0 Å². The van der Waals surface area contributed by atoms with Crippen LogP contribution in [0.5, 0.6) is 0 Å². The van der Waals surface area contributed by atoms with Gasteiger partial charge >= 0.3 is 5.97 Å². The van der Waals surface area contributed by atoms with Crippen LogP contribution in [0.15, 0.2) is 12.7 Å². The predicted molar refractivity (Wildman–Crippen MR) is 36.2 cm³/mol. The van der Waals surface area contributed by atoms with Crippen molar-refractivity contribution in [2.45, 2.75) is 20.3 Å². The lowest BCUT2D eigenvalue weighted by molar-refractivity contribution is -0.145. The lowest BCUT2D eigenvalue weighted by Gasteiger charge is -2.16. The molecule has 0 aromatic carbocycles. The van der Waals surface area contributed by atoms with E-state index in [0.29, 0.717) is 6.42 Å². The Morgan fingerprint density at radius 1 is 1.89 bits per heavy atom. The average Bonchev–Trinajstić information content (AvgIpc) is 1.86. The van der Waals surface area contributed by atoms with Crippen molar-refractivity contribution >= 4 is 5.97 Å². The zero-order valence-electron chi connectivity index (χ0n) is 5.85. The molecule has 0 heterocycles. The Balaban J connectivity index is 4.27. The SMILES string of the molecule is C=C[C@@](C)(CC)C(=O)O. The normalized spacial score (nSPS) is 16.2. The van der Waals surface area contributed by atoms with Gasteiger partial charge in [0.25, 0.3) is 0 Å². The van der Waals surface area contributed by atoms with Gasteiger partial charge < -0.3 is 5.11 Å². The fourth-order valence-corrected chi connectivity index (χ4v) is 0.383. The summed E-state index contributed by atoms with van der Waals surface area (Å²) >= 11 is 0. The molecule has 1 atom stereocenters. The van der Waals surface area contributed by atoms with Crippen LogP contribution >= 0.6 is 0 Å².